The van der Waals surface area contributed by atoms with Gasteiger partial charge >= 0.3 is 7.12 Å². The first-order valence-corrected chi connectivity index (χ1v) is 5.97. The molecule has 1 aromatic rings. The lowest BCUT2D eigenvalue weighted by molar-refractivity contribution is 0.00578. The van der Waals surface area contributed by atoms with Crippen LogP contribution in [0.25, 0.3) is 6.08 Å². The van der Waals surface area contributed by atoms with Crippen LogP contribution in [0.5, 0.6) is 0 Å². The zero-order chi connectivity index (χ0) is 13.4. The number of aromatic nitrogens is 1. The van der Waals surface area contributed by atoms with E-state index in [1.54, 1.807) is 24.2 Å². The van der Waals surface area contributed by atoms with Crippen LogP contribution in [-0.4, -0.2) is 23.3 Å². The second-order valence-electron chi connectivity index (χ2n) is 5.37. The minimum absolute atomic E-state index is 0.364. The molecule has 0 spiro atoms. The summed E-state index contributed by atoms with van der Waals surface area (Å²) in [5.74, 6) is 1.25. The van der Waals surface area contributed by atoms with Crippen molar-refractivity contribution in [2.75, 3.05) is 0 Å². The SMILES string of the molecule is CC1(C)OB(/C=C/c2cccc(F)n2)OC1(C)C. The largest absolute Gasteiger partial charge is 0.487 e. The number of pyridine rings is 1. The van der Waals surface area contributed by atoms with Gasteiger partial charge in [0.05, 0.1) is 16.9 Å². The van der Waals surface area contributed by atoms with Crippen LogP contribution >= 0.6 is 0 Å². The molecule has 2 rings (SSSR count). The lowest BCUT2D eigenvalue weighted by atomic mass is 9.90. The molecule has 0 atom stereocenters. The Morgan fingerprint density at radius 2 is 1.78 bits per heavy atom. The van der Waals surface area contributed by atoms with Gasteiger partial charge in [0.15, 0.2) is 0 Å². The van der Waals surface area contributed by atoms with Crippen LogP contribution in [0.15, 0.2) is 24.2 Å². The van der Waals surface area contributed by atoms with Crippen LogP contribution in [0, 0.1) is 5.95 Å². The highest BCUT2D eigenvalue weighted by molar-refractivity contribution is 6.52. The maximum absolute atomic E-state index is 12.9. The highest BCUT2D eigenvalue weighted by Crippen LogP contribution is 2.36. The van der Waals surface area contributed by atoms with Gasteiger partial charge in [-0.1, -0.05) is 12.0 Å². The Bertz CT molecular complexity index is 458. The molecular formula is C13H17BFNO2. The second-order valence-corrected chi connectivity index (χ2v) is 5.37. The maximum Gasteiger partial charge on any atom is 0.487 e. The molecule has 18 heavy (non-hydrogen) atoms. The molecule has 96 valence electrons. The molecular weight excluding hydrogens is 232 g/mol. The predicted molar refractivity (Wildman–Crippen MR) is 69.3 cm³/mol. The van der Waals surface area contributed by atoms with E-state index >= 15 is 0 Å². The molecule has 1 aromatic heterocycles. The molecule has 1 aliphatic heterocycles. The Balaban J connectivity index is 2.08. The van der Waals surface area contributed by atoms with Crippen molar-refractivity contribution in [3.8, 4) is 0 Å². The lowest BCUT2D eigenvalue weighted by Crippen LogP contribution is -2.41. The monoisotopic (exact) mass is 249 g/mol. The fourth-order valence-electron chi connectivity index (χ4n) is 1.66. The van der Waals surface area contributed by atoms with Crippen LogP contribution in [-0.2, 0) is 9.31 Å². The molecule has 0 N–H and O–H groups in total. The zero-order valence-electron chi connectivity index (χ0n) is 11.1. The highest BCUT2D eigenvalue weighted by atomic mass is 19.1. The van der Waals surface area contributed by atoms with E-state index in [9.17, 15) is 4.39 Å². The van der Waals surface area contributed by atoms with Gasteiger partial charge in [-0.25, -0.2) is 4.98 Å². The Morgan fingerprint density at radius 3 is 2.33 bits per heavy atom. The van der Waals surface area contributed by atoms with Crippen molar-refractivity contribution >= 4 is 13.2 Å². The van der Waals surface area contributed by atoms with Gasteiger partial charge in [0.2, 0.25) is 5.95 Å². The van der Waals surface area contributed by atoms with E-state index in [4.69, 9.17) is 9.31 Å². The average Bonchev–Trinajstić information content (AvgIpc) is 2.45. The van der Waals surface area contributed by atoms with Gasteiger partial charge in [0.25, 0.3) is 0 Å². The van der Waals surface area contributed by atoms with Gasteiger partial charge in [-0.05, 0) is 45.9 Å². The Morgan fingerprint density at radius 1 is 1.17 bits per heavy atom. The number of halogens is 1. The summed E-state index contributed by atoms with van der Waals surface area (Å²) in [7, 11) is -0.430. The first kappa shape index (κ1) is 13.2. The summed E-state index contributed by atoms with van der Waals surface area (Å²) in [4.78, 5) is 3.74. The summed E-state index contributed by atoms with van der Waals surface area (Å²) in [5.41, 5.74) is -0.181. The highest BCUT2D eigenvalue weighted by Gasteiger charge is 2.49. The standard InChI is InChI=1S/C13H17BFNO2/c1-12(2)13(3,4)18-14(17-12)9-8-10-6-5-7-11(15)16-10/h5-9H,1-4H3/b9-8+. The van der Waals surface area contributed by atoms with Crippen LogP contribution in [0.1, 0.15) is 33.4 Å². The zero-order valence-corrected chi connectivity index (χ0v) is 11.1. The summed E-state index contributed by atoms with van der Waals surface area (Å²) < 4.78 is 24.5. The first-order valence-electron chi connectivity index (χ1n) is 5.97. The molecule has 1 saturated heterocycles. The van der Waals surface area contributed by atoms with E-state index in [2.05, 4.69) is 4.98 Å². The van der Waals surface area contributed by atoms with E-state index in [0.717, 1.165) is 0 Å². The second kappa shape index (κ2) is 4.48. The summed E-state index contributed by atoms with van der Waals surface area (Å²) in [6, 6.07) is 4.66. The molecule has 0 unspecified atom stereocenters. The minimum atomic E-state index is -0.494. The van der Waals surface area contributed by atoms with Gasteiger partial charge in [-0.2, -0.15) is 4.39 Å². The fourth-order valence-corrected chi connectivity index (χ4v) is 1.66. The molecule has 0 saturated carbocycles. The number of hydrogen-bond donors (Lipinski definition) is 0. The molecule has 3 nitrogen and oxygen atoms in total. The quantitative estimate of drug-likeness (QED) is 0.596. The third-order valence-corrected chi connectivity index (χ3v) is 3.43. The molecule has 2 heterocycles. The molecule has 0 aromatic carbocycles. The van der Waals surface area contributed by atoms with Crippen molar-refractivity contribution in [3.63, 3.8) is 0 Å². The molecule has 0 bridgehead atoms. The van der Waals surface area contributed by atoms with Gasteiger partial charge in [-0.15, -0.1) is 0 Å². The van der Waals surface area contributed by atoms with Crippen LogP contribution < -0.4 is 0 Å². The van der Waals surface area contributed by atoms with Crippen LogP contribution in [0.4, 0.5) is 4.39 Å². The van der Waals surface area contributed by atoms with Crippen LogP contribution in [0.2, 0.25) is 0 Å². The molecule has 0 aliphatic carbocycles. The van der Waals surface area contributed by atoms with Crippen molar-refractivity contribution in [1.29, 1.82) is 0 Å². The molecule has 0 amide bonds. The third-order valence-electron chi connectivity index (χ3n) is 3.43. The van der Waals surface area contributed by atoms with Crippen molar-refractivity contribution in [1.82, 2.24) is 4.98 Å². The summed E-state index contributed by atoms with van der Waals surface area (Å²) in [6.45, 7) is 7.95. The lowest BCUT2D eigenvalue weighted by Gasteiger charge is -2.32. The van der Waals surface area contributed by atoms with Gasteiger partial charge in [-0.3, -0.25) is 0 Å². The van der Waals surface area contributed by atoms with E-state index in [1.807, 2.05) is 27.7 Å². The Kier molecular flexibility index (Phi) is 3.30. The summed E-state index contributed by atoms with van der Waals surface area (Å²) in [5, 5.41) is 0. The molecule has 1 aliphatic rings. The Hall–Kier alpha value is -1.20. The first-order chi connectivity index (χ1) is 8.30. The van der Waals surface area contributed by atoms with Crippen molar-refractivity contribution in [2.24, 2.45) is 0 Å². The number of hydrogen-bond acceptors (Lipinski definition) is 3. The smallest absolute Gasteiger partial charge is 0.400 e. The topological polar surface area (TPSA) is 31.4 Å². The fraction of sp³-hybridized carbons (Fsp3) is 0.462. The average molecular weight is 249 g/mol. The number of rotatable bonds is 2. The van der Waals surface area contributed by atoms with Gasteiger partial charge < -0.3 is 9.31 Å². The van der Waals surface area contributed by atoms with Crippen LogP contribution in [0.3, 0.4) is 0 Å². The van der Waals surface area contributed by atoms with E-state index in [-0.39, 0.29) is 11.2 Å². The predicted octanol–water partition coefficient (Wildman–Crippen LogP) is 2.87. The van der Waals surface area contributed by atoms with E-state index in [1.165, 1.54) is 6.07 Å². The molecule has 1 fully saturated rings. The summed E-state index contributed by atoms with van der Waals surface area (Å²) >= 11 is 0. The third kappa shape index (κ3) is 2.62. The minimum Gasteiger partial charge on any atom is -0.400 e. The van der Waals surface area contributed by atoms with Crippen molar-refractivity contribution in [2.45, 2.75) is 38.9 Å². The maximum atomic E-state index is 12.9. The van der Waals surface area contributed by atoms with Crippen molar-refractivity contribution in [3.05, 3.63) is 35.8 Å². The van der Waals surface area contributed by atoms with Gasteiger partial charge in [0.1, 0.15) is 0 Å². The molecule has 0 radical (unpaired) electrons. The van der Waals surface area contributed by atoms with E-state index < -0.39 is 13.1 Å². The summed E-state index contributed by atoms with van der Waals surface area (Å²) in [6.07, 6.45) is 1.70. The number of nitrogens with zero attached hydrogens (tertiary/aromatic N) is 1. The van der Waals surface area contributed by atoms with E-state index in [0.29, 0.717) is 5.69 Å². The van der Waals surface area contributed by atoms with Crippen molar-refractivity contribution < 1.29 is 13.7 Å². The molecule has 5 heteroatoms. The van der Waals surface area contributed by atoms with Gasteiger partial charge in [0, 0.05) is 0 Å². The normalized spacial score (nSPS) is 21.7. The Labute approximate surface area is 107 Å².